The summed E-state index contributed by atoms with van der Waals surface area (Å²) in [5.41, 5.74) is 5.20. The molecule has 2 aliphatic rings. The van der Waals surface area contributed by atoms with Gasteiger partial charge in [-0.25, -0.2) is 8.42 Å². The molecule has 0 spiro atoms. The molecule has 1 fully saturated rings. The molecule has 1 N–H and O–H groups in total. The molecule has 1 amide bonds. The van der Waals surface area contributed by atoms with Crippen molar-refractivity contribution in [2.45, 2.75) is 50.8 Å². The molecule has 7 heteroatoms. The Bertz CT molecular complexity index is 1040. The van der Waals surface area contributed by atoms with Gasteiger partial charge < -0.3 is 10.1 Å². The maximum atomic E-state index is 12.9. The molecule has 1 aliphatic carbocycles. The first-order valence-corrected chi connectivity index (χ1v) is 13.1. The molecule has 172 valence electrons. The minimum Gasteiger partial charge on any atom is -0.379 e. The molecular weight excluding hydrogens is 424 g/mol. The lowest BCUT2D eigenvalue weighted by molar-refractivity contribution is 0.0729. The molecule has 1 atom stereocenters. The van der Waals surface area contributed by atoms with Crippen LogP contribution in [0.15, 0.2) is 42.5 Å². The van der Waals surface area contributed by atoms with Crippen molar-refractivity contribution >= 4 is 15.9 Å². The zero-order valence-electron chi connectivity index (χ0n) is 18.7. The van der Waals surface area contributed by atoms with Crippen LogP contribution in [0.3, 0.4) is 0 Å². The average Bonchev–Trinajstić information content (AvgIpc) is 2.83. The minimum absolute atomic E-state index is 0.0453. The van der Waals surface area contributed by atoms with E-state index in [-0.39, 0.29) is 17.7 Å². The monoisotopic (exact) mass is 456 g/mol. The lowest BCUT2D eigenvalue weighted by Crippen LogP contribution is -2.41. The van der Waals surface area contributed by atoms with Crippen molar-refractivity contribution in [3.05, 3.63) is 70.3 Å². The van der Waals surface area contributed by atoms with Crippen molar-refractivity contribution in [3.8, 4) is 0 Å². The van der Waals surface area contributed by atoms with Crippen molar-refractivity contribution in [1.29, 1.82) is 0 Å². The van der Waals surface area contributed by atoms with Crippen molar-refractivity contribution < 1.29 is 17.9 Å². The molecule has 0 bridgehead atoms. The lowest BCUT2D eigenvalue weighted by atomic mass is 9.88. The molecule has 1 aliphatic heterocycles. The largest absolute Gasteiger partial charge is 0.379 e. The third-order valence-corrected chi connectivity index (χ3v) is 8.27. The third kappa shape index (κ3) is 5.39. The Morgan fingerprint density at radius 1 is 1.03 bits per heavy atom. The highest BCUT2D eigenvalue weighted by Gasteiger charge is 2.24. The number of hydrogen-bond donors (Lipinski definition) is 1. The van der Waals surface area contributed by atoms with Gasteiger partial charge in [-0.3, -0.25) is 4.79 Å². The third-order valence-electron chi connectivity index (χ3n) is 6.42. The number of sulfonamides is 1. The molecule has 1 heterocycles. The molecule has 0 radical (unpaired) electrons. The Labute approximate surface area is 191 Å². The van der Waals surface area contributed by atoms with E-state index in [1.807, 2.05) is 0 Å². The quantitative estimate of drug-likeness (QED) is 0.691. The topological polar surface area (TPSA) is 75.7 Å². The first kappa shape index (κ1) is 23.0. The van der Waals surface area contributed by atoms with Gasteiger partial charge in [0.1, 0.15) is 0 Å². The van der Waals surface area contributed by atoms with E-state index in [1.165, 1.54) is 28.3 Å². The molecule has 2 aromatic carbocycles. The van der Waals surface area contributed by atoms with Crippen molar-refractivity contribution in [1.82, 2.24) is 9.62 Å². The summed E-state index contributed by atoms with van der Waals surface area (Å²) in [6, 6.07) is 13.4. The van der Waals surface area contributed by atoms with Crippen LogP contribution in [0.1, 0.15) is 64.8 Å². The summed E-state index contributed by atoms with van der Waals surface area (Å²) in [7, 11) is -3.38. The molecule has 0 unspecified atom stereocenters. The van der Waals surface area contributed by atoms with E-state index in [2.05, 4.69) is 30.4 Å². The van der Waals surface area contributed by atoms with E-state index >= 15 is 0 Å². The van der Waals surface area contributed by atoms with Gasteiger partial charge in [-0.15, -0.1) is 0 Å². The number of nitrogens with one attached hydrogen (secondary N) is 1. The Hall–Kier alpha value is -2.22. The van der Waals surface area contributed by atoms with Crippen molar-refractivity contribution in [2.75, 3.05) is 26.3 Å². The normalized spacial score (nSPS) is 18.0. The number of carbonyl (C=O) groups excluding carboxylic acids is 1. The van der Waals surface area contributed by atoms with Crippen LogP contribution < -0.4 is 5.32 Å². The Balaban J connectivity index is 1.40. The molecule has 4 rings (SSSR count). The van der Waals surface area contributed by atoms with E-state index in [9.17, 15) is 13.2 Å². The summed E-state index contributed by atoms with van der Waals surface area (Å²) in [6.45, 7) is 3.72. The number of rotatable bonds is 7. The summed E-state index contributed by atoms with van der Waals surface area (Å²) in [5, 5.41) is 3.15. The number of hydrogen-bond acceptors (Lipinski definition) is 4. The zero-order chi connectivity index (χ0) is 22.6. The van der Waals surface area contributed by atoms with Crippen LogP contribution in [-0.4, -0.2) is 44.9 Å². The molecule has 6 nitrogen and oxygen atoms in total. The number of fused-ring (bicyclic) bond motifs is 1. The number of morpholine rings is 1. The first-order valence-electron chi connectivity index (χ1n) is 11.5. The van der Waals surface area contributed by atoms with Crippen molar-refractivity contribution in [2.24, 2.45) is 0 Å². The molecular formula is C25H32N2O4S. The molecule has 0 saturated carbocycles. The summed E-state index contributed by atoms with van der Waals surface area (Å²) >= 11 is 0. The number of carbonyl (C=O) groups is 1. The summed E-state index contributed by atoms with van der Waals surface area (Å²) < 4.78 is 31.9. The molecule has 2 aromatic rings. The van der Waals surface area contributed by atoms with Crippen molar-refractivity contribution in [3.63, 3.8) is 0 Å². The maximum Gasteiger partial charge on any atom is 0.251 e. The number of benzene rings is 2. The summed E-state index contributed by atoms with van der Waals surface area (Å²) in [5.74, 6) is -0.209. The standard InChI is InChI=1S/C25H32N2O4S/c1-2-24(23-12-11-20-5-3-4-6-22(20)17-23)26-25(28)21-9-7-19(8-10-21)18-32(29,30)27-13-15-31-16-14-27/h7-12,17,24H,2-6,13-16,18H2,1H3,(H,26,28)/t24-/m1/s1. The van der Waals surface area contributed by atoms with Crippen LogP contribution in [-0.2, 0) is 33.4 Å². The van der Waals surface area contributed by atoms with Crippen LogP contribution in [0.4, 0.5) is 0 Å². The highest BCUT2D eigenvalue weighted by Crippen LogP contribution is 2.26. The second-order valence-corrected chi connectivity index (χ2v) is 10.6. The van der Waals surface area contributed by atoms with Crippen LogP contribution in [0, 0.1) is 0 Å². The lowest BCUT2D eigenvalue weighted by Gasteiger charge is -2.26. The van der Waals surface area contributed by atoms with Crippen LogP contribution in [0.25, 0.3) is 0 Å². The fraction of sp³-hybridized carbons (Fsp3) is 0.480. The smallest absolute Gasteiger partial charge is 0.251 e. The Morgan fingerprint density at radius 2 is 1.72 bits per heavy atom. The van der Waals surface area contributed by atoms with Gasteiger partial charge in [-0.1, -0.05) is 37.3 Å². The first-order chi connectivity index (χ1) is 15.5. The predicted octanol–water partition coefficient (Wildman–Crippen LogP) is 3.61. The van der Waals surface area contributed by atoms with Gasteiger partial charge in [0.25, 0.3) is 5.91 Å². The fourth-order valence-electron chi connectivity index (χ4n) is 4.51. The van der Waals surface area contributed by atoms with E-state index in [4.69, 9.17) is 4.74 Å². The van der Waals surface area contributed by atoms with E-state index < -0.39 is 10.0 Å². The SMILES string of the molecule is CC[C@@H](NC(=O)c1ccc(CS(=O)(=O)N2CCOCC2)cc1)c1ccc2c(c1)CCCC2. The second-order valence-electron chi connectivity index (χ2n) is 8.63. The Kier molecular flexibility index (Phi) is 7.28. The van der Waals surface area contributed by atoms with Gasteiger partial charge in [-0.2, -0.15) is 4.31 Å². The number of amides is 1. The highest BCUT2D eigenvalue weighted by molar-refractivity contribution is 7.88. The minimum atomic E-state index is -3.38. The fourth-order valence-corrected chi connectivity index (χ4v) is 6.01. The Morgan fingerprint density at radius 3 is 2.41 bits per heavy atom. The van der Waals surface area contributed by atoms with Gasteiger partial charge >= 0.3 is 0 Å². The average molecular weight is 457 g/mol. The van der Waals surface area contributed by atoms with Gasteiger partial charge in [-0.05, 0) is 66.5 Å². The van der Waals surface area contributed by atoms with E-state index in [1.54, 1.807) is 24.3 Å². The van der Waals surface area contributed by atoms with Crippen LogP contribution >= 0.6 is 0 Å². The zero-order valence-corrected chi connectivity index (χ0v) is 19.5. The summed E-state index contributed by atoms with van der Waals surface area (Å²) in [4.78, 5) is 12.9. The van der Waals surface area contributed by atoms with Crippen LogP contribution in [0.2, 0.25) is 0 Å². The van der Waals surface area contributed by atoms with Crippen LogP contribution in [0.5, 0.6) is 0 Å². The van der Waals surface area contributed by atoms with Gasteiger partial charge in [0.15, 0.2) is 0 Å². The maximum absolute atomic E-state index is 12.9. The van der Waals surface area contributed by atoms with Gasteiger partial charge in [0, 0.05) is 18.7 Å². The number of nitrogens with zero attached hydrogens (tertiary/aromatic N) is 1. The number of aryl methyl sites for hydroxylation is 2. The molecule has 32 heavy (non-hydrogen) atoms. The highest BCUT2D eigenvalue weighted by atomic mass is 32.2. The molecule has 0 aromatic heterocycles. The predicted molar refractivity (Wildman–Crippen MR) is 125 cm³/mol. The number of ether oxygens (including phenoxy) is 1. The van der Waals surface area contributed by atoms with Gasteiger partial charge in [0.05, 0.1) is 25.0 Å². The second kappa shape index (κ2) is 10.1. The van der Waals surface area contributed by atoms with Gasteiger partial charge in [0.2, 0.25) is 10.0 Å². The summed E-state index contributed by atoms with van der Waals surface area (Å²) in [6.07, 6.45) is 5.55. The van der Waals surface area contributed by atoms with E-state index in [0.29, 0.717) is 37.4 Å². The van der Waals surface area contributed by atoms with E-state index in [0.717, 1.165) is 24.8 Å². The molecule has 1 saturated heterocycles.